The summed E-state index contributed by atoms with van der Waals surface area (Å²) in [7, 11) is 4.98. The summed E-state index contributed by atoms with van der Waals surface area (Å²) in [5.74, 6) is 0. The van der Waals surface area contributed by atoms with E-state index < -0.39 is 12.2 Å². The minimum Gasteiger partial charge on any atom is -0.296 e. The predicted octanol–water partition coefficient (Wildman–Crippen LogP) is 3.73. The van der Waals surface area contributed by atoms with E-state index in [-0.39, 0.29) is 0 Å². The van der Waals surface area contributed by atoms with Crippen molar-refractivity contribution in [3.05, 3.63) is 0 Å². The fraction of sp³-hybridized carbons (Fsp3) is 0.600. The fourth-order valence-corrected chi connectivity index (χ4v) is 2.13. The van der Waals surface area contributed by atoms with Crippen LogP contribution in [-0.4, -0.2) is 57.5 Å². The minimum absolute atomic E-state index is 0.627. The first kappa shape index (κ1) is 21.3. The number of rotatable bonds is 5. The quantitative estimate of drug-likeness (QED) is 0.176. The molecule has 0 unspecified atom stereocenters. The Morgan fingerprint density at radius 2 is 1.14 bits per heavy atom. The molecule has 0 aromatic heterocycles. The average molecular weight is 387 g/mol. The second-order valence-corrected chi connectivity index (χ2v) is 7.77. The molecule has 0 heterocycles. The highest BCUT2D eigenvalue weighted by Crippen LogP contribution is 2.28. The van der Waals surface area contributed by atoms with E-state index >= 15 is 0 Å². The third-order valence-electron chi connectivity index (χ3n) is 1.87. The van der Waals surface area contributed by atoms with Gasteiger partial charge in [-0.25, -0.2) is 18.2 Å². The van der Waals surface area contributed by atoms with Crippen molar-refractivity contribution >= 4 is 67.8 Å². The molecule has 0 aliphatic carbocycles. The van der Waals surface area contributed by atoms with Crippen molar-refractivity contribution in [1.82, 2.24) is 8.61 Å². The molecule has 0 aliphatic rings. The number of hydrogen-bond acceptors (Lipinski definition) is 10. The van der Waals surface area contributed by atoms with Gasteiger partial charge in [0.05, 0.1) is 0 Å². The van der Waals surface area contributed by atoms with Gasteiger partial charge in [0.15, 0.2) is 0 Å². The SMILES string of the molecule is CS/C(C)=N\OC(=O)N(C)SSN(C)C(=O)O/N=C(/C)SC. The fourth-order valence-electron chi connectivity index (χ4n) is 0.557. The van der Waals surface area contributed by atoms with Crippen molar-refractivity contribution in [2.24, 2.45) is 10.3 Å². The average Bonchev–Trinajstić information content (AvgIpc) is 2.53. The number of carbonyl (C=O) groups excluding carboxylic acids is 2. The molecule has 126 valence electrons. The molecule has 0 bridgehead atoms. The van der Waals surface area contributed by atoms with Gasteiger partial charge in [0.25, 0.3) is 0 Å². The lowest BCUT2D eigenvalue weighted by molar-refractivity contribution is 0.136. The molecule has 0 saturated heterocycles. The highest BCUT2D eigenvalue weighted by molar-refractivity contribution is 8.75. The summed E-state index contributed by atoms with van der Waals surface area (Å²) in [4.78, 5) is 32.6. The van der Waals surface area contributed by atoms with Crippen LogP contribution in [0.4, 0.5) is 9.59 Å². The van der Waals surface area contributed by atoms with E-state index in [1.807, 2.05) is 12.5 Å². The van der Waals surface area contributed by atoms with E-state index in [9.17, 15) is 9.59 Å². The molecule has 0 fully saturated rings. The first-order valence-corrected chi connectivity index (χ1v) is 10.2. The Morgan fingerprint density at radius 3 is 1.41 bits per heavy atom. The Kier molecular flexibility index (Phi) is 11.4. The van der Waals surface area contributed by atoms with Gasteiger partial charge in [-0.2, -0.15) is 0 Å². The summed E-state index contributed by atoms with van der Waals surface area (Å²) in [6.07, 6.45) is 2.35. The minimum atomic E-state index is -0.649. The Morgan fingerprint density at radius 1 is 0.818 bits per heavy atom. The van der Waals surface area contributed by atoms with Crippen LogP contribution < -0.4 is 0 Å². The zero-order valence-corrected chi connectivity index (χ0v) is 16.3. The molecular weight excluding hydrogens is 368 g/mol. The summed E-state index contributed by atoms with van der Waals surface area (Å²) in [6.45, 7) is 3.45. The highest BCUT2D eigenvalue weighted by Gasteiger charge is 2.17. The first-order valence-electron chi connectivity index (χ1n) is 5.73. The molecule has 0 aliphatic heterocycles. The van der Waals surface area contributed by atoms with E-state index in [1.165, 1.54) is 46.2 Å². The Labute approximate surface area is 146 Å². The van der Waals surface area contributed by atoms with E-state index in [0.29, 0.717) is 10.1 Å². The van der Waals surface area contributed by atoms with Crippen LogP contribution in [0.15, 0.2) is 10.3 Å². The molecule has 0 aromatic rings. The molecule has 0 radical (unpaired) electrons. The van der Waals surface area contributed by atoms with Gasteiger partial charge < -0.3 is 0 Å². The number of amides is 2. The Bertz CT molecular complexity index is 407. The van der Waals surface area contributed by atoms with Crippen LogP contribution in [0.1, 0.15) is 13.8 Å². The summed E-state index contributed by atoms with van der Waals surface area (Å²) in [5, 5.41) is 8.50. The summed E-state index contributed by atoms with van der Waals surface area (Å²) < 4.78 is 2.39. The van der Waals surface area contributed by atoms with E-state index in [1.54, 1.807) is 13.8 Å². The third kappa shape index (κ3) is 9.33. The second kappa shape index (κ2) is 11.8. The maximum absolute atomic E-state index is 11.6. The van der Waals surface area contributed by atoms with Crippen molar-refractivity contribution in [2.45, 2.75) is 13.8 Å². The normalized spacial score (nSPS) is 11.9. The van der Waals surface area contributed by atoms with Crippen LogP contribution in [0, 0.1) is 0 Å². The second-order valence-electron chi connectivity index (χ2n) is 3.49. The Hall–Kier alpha value is -0.720. The highest BCUT2D eigenvalue weighted by atomic mass is 33.1. The van der Waals surface area contributed by atoms with Crippen LogP contribution in [0.5, 0.6) is 0 Å². The standard InChI is InChI=1S/C10H18N4O4S4/c1-7(19-5)11-17-9(15)13(3)21-22-14(4)10(16)18-12-8(2)20-6/h1-6H3/b11-7-,12-8-. The number of thioether (sulfide) groups is 2. The summed E-state index contributed by atoms with van der Waals surface area (Å²) in [6, 6.07) is 0. The lowest BCUT2D eigenvalue weighted by Crippen LogP contribution is -2.22. The number of carbonyl (C=O) groups is 2. The molecule has 2 amide bonds. The summed E-state index contributed by atoms with van der Waals surface area (Å²) >= 11 is 2.74. The summed E-state index contributed by atoms with van der Waals surface area (Å²) in [5.41, 5.74) is 0. The Balaban J connectivity index is 4.20. The van der Waals surface area contributed by atoms with Crippen molar-refractivity contribution in [1.29, 1.82) is 0 Å². The molecular formula is C10H18N4O4S4. The van der Waals surface area contributed by atoms with Crippen molar-refractivity contribution in [3.63, 3.8) is 0 Å². The number of nitrogens with zero attached hydrogens (tertiary/aromatic N) is 4. The van der Waals surface area contributed by atoms with Crippen molar-refractivity contribution in [2.75, 3.05) is 26.6 Å². The monoisotopic (exact) mass is 386 g/mol. The van der Waals surface area contributed by atoms with E-state index in [0.717, 1.165) is 22.0 Å². The lowest BCUT2D eigenvalue weighted by Gasteiger charge is -2.16. The number of hydrogen-bond donors (Lipinski definition) is 0. The molecule has 0 aromatic carbocycles. The zero-order valence-electron chi connectivity index (χ0n) is 13.1. The van der Waals surface area contributed by atoms with E-state index in [4.69, 9.17) is 9.68 Å². The van der Waals surface area contributed by atoms with Gasteiger partial charge in [-0.3, -0.25) is 9.68 Å². The van der Waals surface area contributed by atoms with Crippen LogP contribution >= 0.6 is 45.5 Å². The van der Waals surface area contributed by atoms with Crippen molar-refractivity contribution in [3.8, 4) is 0 Å². The largest absolute Gasteiger partial charge is 0.446 e. The first-order chi connectivity index (χ1) is 10.3. The molecule has 0 spiro atoms. The van der Waals surface area contributed by atoms with Gasteiger partial charge in [0, 0.05) is 36.1 Å². The van der Waals surface area contributed by atoms with Crippen LogP contribution in [0.25, 0.3) is 0 Å². The van der Waals surface area contributed by atoms with E-state index in [2.05, 4.69) is 10.3 Å². The van der Waals surface area contributed by atoms with Gasteiger partial charge in [-0.1, -0.05) is 10.3 Å². The molecule has 22 heavy (non-hydrogen) atoms. The molecule has 0 atom stereocenters. The maximum atomic E-state index is 11.6. The molecule has 0 rings (SSSR count). The van der Waals surface area contributed by atoms with Gasteiger partial charge in [-0.15, -0.1) is 23.5 Å². The third-order valence-corrected chi connectivity index (χ3v) is 5.55. The molecule has 0 N–H and O–H groups in total. The lowest BCUT2D eigenvalue weighted by atomic mass is 10.9. The smallest absolute Gasteiger partial charge is 0.296 e. The zero-order chi connectivity index (χ0) is 17.1. The predicted molar refractivity (Wildman–Crippen MR) is 96.9 cm³/mol. The topological polar surface area (TPSA) is 83.8 Å². The van der Waals surface area contributed by atoms with Gasteiger partial charge >= 0.3 is 12.2 Å². The van der Waals surface area contributed by atoms with Gasteiger partial charge in [0.1, 0.15) is 10.1 Å². The van der Waals surface area contributed by atoms with Gasteiger partial charge in [0.2, 0.25) is 0 Å². The van der Waals surface area contributed by atoms with Crippen LogP contribution in [0.2, 0.25) is 0 Å². The van der Waals surface area contributed by atoms with Crippen LogP contribution in [-0.2, 0) is 9.68 Å². The number of oxime groups is 2. The van der Waals surface area contributed by atoms with Crippen LogP contribution in [0.3, 0.4) is 0 Å². The van der Waals surface area contributed by atoms with Crippen molar-refractivity contribution < 1.29 is 19.3 Å². The molecule has 8 nitrogen and oxygen atoms in total. The maximum Gasteiger partial charge on any atom is 0.446 e. The molecule has 0 saturated carbocycles. The molecule has 12 heteroatoms. The van der Waals surface area contributed by atoms with Gasteiger partial charge in [-0.05, 0) is 26.4 Å².